The van der Waals surface area contributed by atoms with Gasteiger partial charge in [-0.25, -0.2) is 0 Å². The summed E-state index contributed by atoms with van der Waals surface area (Å²) in [5.74, 6) is 1.13. The number of halogens is 1. The molecule has 0 atom stereocenters. The minimum atomic E-state index is 0. The molecular weight excluding hydrogens is 316 g/mol. The van der Waals surface area contributed by atoms with Gasteiger partial charge in [-0.2, -0.15) is 19.6 Å². The third-order valence-electron chi connectivity index (χ3n) is 3.23. The van der Waals surface area contributed by atoms with Crippen molar-refractivity contribution in [2.45, 2.75) is 6.42 Å². The molecule has 0 fully saturated rings. The average molecular weight is 333 g/mol. The van der Waals surface area contributed by atoms with Gasteiger partial charge in [-0.15, -0.1) is 12.4 Å². The Hall–Kier alpha value is -2.67. The van der Waals surface area contributed by atoms with E-state index in [9.17, 15) is 4.79 Å². The molecule has 2 aromatic heterocycles. The zero-order valence-electron chi connectivity index (χ0n) is 12.6. The number of benzene rings is 1. The smallest absolute Gasteiger partial charge is 0.236 e. The second-order valence-electron chi connectivity index (χ2n) is 4.73. The molecule has 3 aromatic rings. The molecule has 0 bridgehead atoms. The van der Waals surface area contributed by atoms with Gasteiger partial charge in [0.05, 0.1) is 6.20 Å². The summed E-state index contributed by atoms with van der Waals surface area (Å²) in [7, 11) is 1.92. The fourth-order valence-corrected chi connectivity index (χ4v) is 2.12. The van der Waals surface area contributed by atoms with Crippen molar-refractivity contribution in [3.8, 4) is 0 Å². The average Bonchev–Trinajstić information content (AvgIpc) is 3.03. The lowest BCUT2D eigenvalue weighted by atomic mass is 10.3. The molecule has 0 radical (unpaired) electrons. The summed E-state index contributed by atoms with van der Waals surface area (Å²) in [5, 5.41) is 7.32. The molecule has 0 unspecified atom stereocenters. The van der Waals surface area contributed by atoms with Gasteiger partial charge in [-0.05, 0) is 12.1 Å². The Bertz CT molecular complexity index is 776. The zero-order valence-corrected chi connectivity index (χ0v) is 13.4. The van der Waals surface area contributed by atoms with Gasteiger partial charge in [-0.1, -0.05) is 18.2 Å². The van der Waals surface area contributed by atoms with Gasteiger partial charge in [-0.3, -0.25) is 0 Å². The first-order valence-electron chi connectivity index (χ1n) is 6.97. The van der Waals surface area contributed by atoms with Crippen molar-refractivity contribution in [2.75, 3.05) is 23.8 Å². The van der Waals surface area contributed by atoms with Gasteiger partial charge in [0.25, 0.3) is 0 Å². The van der Waals surface area contributed by atoms with Gasteiger partial charge in [0, 0.05) is 31.8 Å². The lowest BCUT2D eigenvalue weighted by Gasteiger charge is -2.19. The molecule has 3 rings (SSSR count). The summed E-state index contributed by atoms with van der Waals surface area (Å²) in [4.78, 5) is 21.2. The monoisotopic (exact) mass is 332 g/mol. The molecule has 120 valence electrons. The molecule has 23 heavy (non-hydrogen) atoms. The molecule has 0 saturated heterocycles. The summed E-state index contributed by atoms with van der Waals surface area (Å²) >= 11 is 0. The number of rotatable bonds is 6. The van der Waals surface area contributed by atoms with Crippen molar-refractivity contribution in [1.82, 2.24) is 19.6 Å². The Labute approximate surface area is 139 Å². The first kappa shape index (κ1) is 16.7. The normalized spacial score (nSPS) is 10.1. The van der Waals surface area contributed by atoms with E-state index in [1.165, 1.54) is 0 Å². The van der Waals surface area contributed by atoms with E-state index in [-0.39, 0.29) is 12.4 Å². The van der Waals surface area contributed by atoms with Crippen LogP contribution in [-0.4, -0.2) is 39.5 Å². The van der Waals surface area contributed by atoms with E-state index in [1.54, 1.807) is 10.7 Å². The Balaban J connectivity index is 0.00000192. The van der Waals surface area contributed by atoms with Crippen LogP contribution in [-0.2, 0) is 4.79 Å². The number of para-hydroxylation sites is 1. The number of hydrogen-bond acceptors (Lipinski definition) is 6. The number of nitrogens with zero attached hydrogens (tertiary/aromatic N) is 5. The number of carbonyl (C=O) groups is 1. The first-order chi connectivity index (χ1) is 10.8. The van der Waals surface area contributed by atoms with E-state index >= 15 is 0 Å². The molecule has 1 N–H and O–H groups in total. The van der Waals surface area contributed by atoms with Gasteiger partial charge in [0.1, 0.15) is 6.29 Å². The van der Waals surface area contributed by atoms with Crippen molar-refractivity contribution in [3.63, 3.8) is 0 Å². The Kier molecular flexibility index (Phi) is 5.48. The number of hydrogen-bond donors (Lipinski definition) is 1. The van der Waals surface area contributed by atoms with Gasteiger partial charge in [0.2, 0.25) is 11.9 Å². The molecule has 7 nitrogen and oxygen atoms in total. The van der Waals surface area contributed by atoms with Crippen molar-refractivity contribution < 1.29 is 4.79 Å². The summed E-state index contributed by atoms with van der Waals surface area (Å²) in [5.41, 5.74) is 1.69. The minimum absolute atomic E-state index is 0. The number of fused-ring (bicyclic) bond motifs is 1. The van der Waals surface area contributed by atoms with Crippen LogP contribution in [0.2, 0.25) is 0 Å². The lowest BCUT2D eigenvalue weighted by Crippen LogP contribution is -2.18. The largest absolute Gasteiger partial charge is 0.354 e. The Morgan fingerprint density at radius 1 is 1.22 bits per heavy atom. The summed E-state index contributed by atoms with van der Waals surface area (Å²) in [6, 6.07) is 11.7. The van der Waals surface area contributed by atoms with Crippen LogP contribution in [0.25, 0.3) is 5.65 Å². The summed E-state index contributed by atoms with van der Waals surface area (Å²) < 4.78 is 1.68. The van der Waals surface area contributed by atoms with Crippen molar-refractivity contribution in [2.24, 2.45) is 0 Å². The van der Waals surface area contributed by atoms with E-state index in [0.717, 1.165) is 12.0 Å². The maximum absolute atomic E-state index is 10.4. The quantitative estimate of drug-likeness (QED) is 0.551. The fraction of sp³-hybridized carbons (Fsp3) is 0.200. The highest BCUT2D eigenvalue weighted by atomic mass is 35.5. The highest BCUT2D eigenvalue weighted by molar-refractivity contribution is 5.85. The van der Waals surface area contributed by atoms with Crippen LogP contribution in [0.4, 0.5) is 17.6 Å². The van der Waals surface area contributed by atoms with Crippen molar-refractivity contribution >= 4 is 41.9 Å². The predicted molar refractivity (Wildman–Crippen MR) is 91.7 cm³/mol. The second-order valence-corrected chi connectivity index (χ2v) is 4.73. The maximum atomic E-state index is 10.4. The van der Waals surface area contributed by atoms with Crippen LogP contribution in [0.3, 0.4) is 0 Å². The highest BCUT2D eigenvalue weighted by Crippen LogP contribution is 2.22. The van der Waals surface area contributed by atoms with Crippen LogP contribution >= 0.6 is 12.4 Å². The summed E-state index contributed by atoms with van der Waals surface area (Å²) in [6.07, 6.45) is 2.96. The topological polar surface area (TPSA) is 75.4 Å². The van der Waals surface area contributed by atoms with Crippen LogP contribution < -0.4 is 10.2 Å². The number of aldehydes is 1. The molecule has 1 aromatic carbocycles. The molecule has 0 aliphatic rings. The molecule has 8 heteroatoms. The zero-order chi connectivity index (χ0) is 15.4. The fourth-order valence-electron chi connectivity index (χ4n) is 2.12. The van der Waals surface area contributed by atoms with Crippen molar-refractivity contribution in [3.05, 3.63) is 42.6 Å². The maximum Gasteiger partial charge on any atom is 0.236 e. The van der Waals surface area contributed by atoms with E-state index in [1.807, 2.05) is 48.3 Å². The SMILES string of the molecule is CN(c1ccccc1)c1nc(NCCC=O)nc2ccnn12.Cl. The Morgan fingerprint density at radius 3 is 2.74 bits per heavy atom. The standard InChI is InChI=1S/C15H16N6O.ClH/c1-20(12-6-3-2-4-7-12)15-19-14(16-9-5-11-22)18-13-8-10-17-21(13)15;/h2-4,6-8,10-11H,5,9H2,1H3,(H,16,18);1H. The van der Waals surface area contributed by atoms with E-state index in [2.05, 4.69) is 20.4 Å². The number of carbonyl (C=O) groups excluding carboxylic acids is 1. The molecule has 0 spiro atoms. The van der Waals surface area contributed by atoms with E-state index in [4.69, 9.17) is 0 Å². The highest BCUT2D eigenvalue weighted by Gasteiger charge is 2.13. The molecular formula is C15H17ClN6O. The third kappa shape index (κ3) is 3.57. The van der Waals surface area contributed by atoms with E-state index < -0.39 is 0 Å². The second kappa shape index (κ2) is 7.55. The van der Waals surface area contributed by atoms with Crippen LogP contribution in [0, 0.1) is 0 Å². The predicted octanol–water partition coefficient (Wildman–Crippen LogP) is 2.31. The van der Waals surface area contributed by atoms with Crippen LogP contribution in [0.5, 0.6) is 0 Å². The number of nitrogens with one attached hydrogen (secondary N) is 1. The van der Waals surface area contributed by atoms with Crippen LogP contribution in [0.15, 0.2) is 42.6 Å². The molecule has 0 amide bonds. The van der Waals surface area contributed by atoms with Crippen molar-refractivity contribution in [1.29, 1.82) is 0 Å². The van der Waals surface area contributed by atoms with Gasteiger partial charge < -0.3 is 15.0 Å². The third-order valence-corrected chi connectivity index (χ3v) is 3.23. The number of aromatic nitrogens is 4. The summed E-state index contributed by atoms with van der Waals surface area (Å²) in [6.45, 7) is 0.502. The lowest BCUT2D eigenvalue weighted by molar-refractivity contribution is -0.107. The minimum Gasteiger partial charge on any atom is -0.354 e. The first-order valence-corrected chi connectivity index (χ1v) is 6.97. The Morgan fingerprint density at radius 2 is 2.00 bits per heavy atom. The van der Waals surface area contributed by atoms with Crippen LogP contribution in [0.1, 0.15) is 6.42 Å². The number of anilines is 3. The molecule has 0 saturated carbocycles. The van der Waals surface area contributed by atoms with E-state index in [0.29, 0.717) is 30.5 Å². The molecule has 0 aliphatic heterocycles. The van der Waals surface area contributed by atoms with Gasteiger partial charge >= 0.3 is 0 Å². The molecule has 0 aliphatic carbocycles. The van der Waals surface area contributed by atoms with Gasteiger partial charge in [0.15, 0.2) is 5.65 Å². The molecule has 2 heterocycles.